The molecule has 1 amide bonds. The van der Waals surface area contributed by atoms with Crippen LogP contribution in [0.15, 0.2) is 0 Å². The van der Waals surface area contributed by atoms with Crippen LogP contribution >= 0.6 is 0 Å². The fourth-order valence-electron chi connectivity index (χ4n) is 2.34. The number of rotatable bonds is 5. The van der Waals surface area contributed by atoms with Crippen molar-refractivity contribution in [3.8, 4) is 0 Å². The fourth-order valence-corrected chi connectivity index (χ4v) is 2.34. The van der Waals surface area contributed by atoms with Crippen molar-refractivity contribution in [1.29, 1.82) is 0 Å². The molecule has 2 aliphatic rings. The van der Waals surface area contributed by atoms with E-state index in [0.29, 0.717) is 19.1 Å². The zero-order chi connectivity index (χ0) is 12.3. The molecule has 0 spiro atoms. The molecule has 1 aliphatic carbocycles. The summed E-state index contributed by atoms with van der Waals surface area (Å²) in [5.41, 5.74) is 0. The van der Waals surface area contributed by atoms with E-state index >= 15 is 0 Å². The van der Waals surface area contributed by atoms with E-state index in [1.54, 1.807) is 0 Å². The first-order chi connectivity index (χ1) is 8.18. The molecule has 2 rings (SSSR count). The van der Waals surface area contributed by atoms with E-state index in [1.165, 1.54) is 12.8 Å². The summed E-state index contributed by atoms with van der Waals surface area (Å²) in [5.74, 6) is 1.82. The van der Waals surface area contributed by atoms with Gasteiger partial charge in [-0.15, -0.1) is 0 Å². The molecule has 0 aromatic rings. The summed E-state index contributed by atoms with van der Waals surface area (Å²) >= 11 is 0. The Morgan fingerprint density at radius 2 is 2.00 bits per heavy atom. The zero-order valence-electron chi connectivity index (χ0n) is 10.9. The molecule has 17 heavy (non-hydrogen) atoms. The number of carbonyl (C=O) groups is 1. The van der Waals surface area contributed by atoms with Crippen LogP contribution in [0.25, 0.3) is 0 Å². The Morgan fingerprint density at radius 3 is 2.59 bits per heavy atom. The van der Waals surface area contributed by atoms with E-state index in [-0.39, 0.29) is 11.9 Å². The van der Waals surface area contributed by atoms with Crippen LogP contribution < -0.4 is 5.32 Å². The molecule has 4 nitrogen and oxygen atoms in total. The second-order valence-electron chi connectivity index (χ2n) is 5.38. The van der Waals surface area contributed by atoms with Gasteiger partial charge in [-0.1, -0.05) is 6.92 Å². The van der Waals surface area contributed by atoms with Crippen molar-refractivity contribution < 1.29 is 9.53 Å². The molecule has 1 heterocycles. The summed E-state index contributed by atoms with van der Waals surface area (Å²) in [6.07, 6.45) is 2.74. The molecule has 98 valence electrons. The van der Waals surface area contributed by atoms with E-state index < -0.39 is 0 Å². The molecule has 0 aromatic heterocycles. The van der Waals surface area contributed by atoms with Crippen LogP contribution in [0.2, 0.25) is 0 Å². The number of carbonyl (C=O) groups excluding carboxylic acids is 1. The lowest BCUT2D eigenvalue weighted by Gasteiger charge is -2.30. The number of hydrogen-bond donors (Lipinski definition) is 1. The molecular formula is C13H24N2O2. The average molecular weight is 240 g/mol. The Bertz CT molecular complexity index is 260. The molecule has 4 heteroatoms. The number of ether oxygens (including phenoxy) is 1. The quantitative estimate of drug-likeness (QED) is 0.775. The molecule has 0 radical (unpaired) electrons. The number of nitrogens with one attached hydrogen (secondary N) is 1. The van der Waals surface area contributed by atoms with E-state index in [1.807, 2.05) is 11.8 Å². The molecule has 1 saturated carbocycles. The van der Waals surface area contributed by atoms with Crippen LogP contribution in [0.4, 0.5) is 0 Å². The van der Waals surface area contributed by atoms with Crippen LogP contribution in [0.3, 0.4) is 0 Å². The molecular weight excluding hydrogens is 216 g/mol. The van der Waals surface area contributed by atoms with Gasteiger partial charge in [0, 0.05) is 13.1 Å². The minimum Gasteiger partial charge on any atom is -0.378 e. The van der Waals surface area contributed by atoms with Crippen molar-refractivity contribution in [2.75, 3.05) is 32.8 Å². The predicted octanol–water partition coefficient (Wildman–Crippen LogP) is 0.869. The number of nitrogens with zero attached hydrogens (tertiary/aromatic N) is 1. The Balaban J connectivity index is 1.70. The predicted molar refractivity (Wildman–Crippen MR) is 66.8 cm³/mol. The minimum atomic E-state index is -0.0608. The van der Waals surface area contributed by atoms with Crippen molar-refractivity contribution in [2.45, 2.75) is 32.7 Å². The van der Waals surface area contributed by atoms with Crippen molar-refractivity contribution in [3.05, 3.63) is 0 Å². The van der Waals surface area contributed by atoms with Crippen LogP contribution in [-0.4, -0.2) is 49.7 Å². The van der Waals surface area contributed by atoms with Gasteiger partial charge in [-0.05, 0) is 38.1 Å². The first-order valence-electron chi connectivity index (χ1n) is 6.78. The third-order valence-electron chi connectivity index (χ3n) is 3.87. The van der Waals surface area contributed by atoms with Gasteiger partial charge in [-0.2, -0.15) is 0 Å². The molecule has 1 N–H and O–H groups in total. The molecule has 0 aromatic carbocycles. The van der Waals surface area contributed by atoms with Gasteiger partial charge in [0.15, 0.2) is 0 Å². The van der Waals surface area contributed by atoms with Gasteiger partial charge in [0.05, 0.1) is 19.3 Å². The minimum absolute atomic E-state index is 0.0608. The largest absolute Gasteiger partial charge is 0.378 e. The van der Waals surface area contributed by atoms with Gasteiger partial charge in [-0.25, -0.2) is 0 Å². The van der Waals surface area contributed by atoms with E-state index in [9.17, 15) is 4.79 Å². The third kappa shape index (κ3) is 3.68. The lowest BCUT2D eigenvalue weighted by atomic mass is 10.1. The standard InChI is InChI=1S/C13H24N2O2/c1-10(12-3-4-12)9-14-11(2)13(16)15-5-7-17-8-6-15/h10-12,14H,3-9H2,1-2H3. The lowest BCUT2D eigenvalue weighted by Crippen LogP contribution is -2.49. The van der Waals surface area contributed by atoms with Crippen LogP contribution in [-0.2, 0) is 9.53 Å². The van der Waals surface area contributed by atoms with Gasteiger partial charge >= 0.3 is 0 Å². The molecule has 1 saturated heterocycles. The summed E-state index contributed by atoms with van der Waals surface area (Å²) < 4.78 is 5.25. The number of morpholine rings is 1. The van der Waals surface area contributed by atoms with Crippen LogP contribution in [0, 0.1) is 11.8 Å². The molecule has 1 aliphatic heterocycles. The van der Waals surface area contributed by atoms with Gasteiger partial charge in [0.2, 0.25) is 5.91 Å². The van der Waals surface area contributed by atoms with Crippen molar-refractivity contribution in [3.63, 3.8) is 0 Å². The Hall–Kier alpha value is -0.610. The first-order valence-corrected chi connectivity index (χ1v) is 6.78. The highest BCUT2D eigenvalue weighted by Crippen LogP contribution is 2.36. The van der Waals surface area contributed by atoms with Gasteiger partial charge in [-0.3, -0.25) is 4.79 Å². The highest BCUT2D eigenvalue weighted by molar-refractivity contribution is 5.81. The molecule has 2 fully saturated rings. The maximum Gasteiger partial charge on any atom is 0.239 e. The fraction of sp³-hybridized carbons (Fsp3) is 0.923. The number of amides is 1. The topological polar surface area (TPSA) is 41.6 Å². The van der Waals surface area contributed by atoms with Crippen LogP contribution in [0.1, 0.15) is 26.7 Å². The smallest absolute Gasteiger partial charge is 0.239 e. The number of hydrogen-bond acceptors (Lipinski definition) is 3. The Morgan fingerprint density at radius 1 is 1.35 bits per heavy atom. The second kappa shape index (κ2) is 5.83. The summed E-state index contributed by atoms with van der Waals surface area (Å²) in [6, 6.07) is -0.0608. The SMILES string of the molecule is CC(NCC(C)C1CC1)C(=O)N1CCOCC1. The summed E-state index contributed by atoms with van der Waals surface area (Å²) in [5, 5.41) is 3.37. The normalized spacial score (nSPS) is 24.5. The monoisotopic (exact) mass is 240 g/mol. The lowest BCUT2D eigenvalue weighted by molar-refractivity contribution is -0.137. The van der Waals surface area contributed by atoms with Gasteiger partial charge in [0.1, 0.15) is 0 Å². The van der Waals surface area contributed by atoms with Crippen molar-refractivity contribution in [2.24, 2.45) is 11.8 Å². The van der Waals surface area contributed by atoms with Crippen molar-refractivity contribution >= 4 is 5.91 Å². The maximum absolute atomic E-state index is 12.1. The van der Waals surface area contributed by atoms with E-state index in [4.69, 9.17) is 4.74 Å². The van der Waals surface area contributed by atoms with Gasteiger partial charge < -0.3 is 15.0 Å². The summed E-state index contributed by atoms with van der Waals surface area (Å²) in [7, 11) is 0. The van der Waals surface area contributed by atoms with Crippen LogP contribution in [0.5, 0.6) is 0 Å². The molecule has 2 unspecified atom stereocenters. The van der Waals surface area contributed by atoms with E-state index in [0.717, 1.165) is 25.6 Å². The van der Waals surface area contributed by atoms with Crippen molar-refractivity contribution in [1.82, 2.24) is 10.2 Å². The average Bonchev–Trinajstić information content (AvgIpc) is 3.20. The third-order valence-corrected chi connectivity index (χ3v) is 3.87. The van der Waals surface area contributed by atoms with Gasteiger partial charge in [0.25, 0.3) is 0 Å². The highest BCUT2D eigenvalue weighted by atomic mass is 16.5. The summed E-state index contributed by atoms with van der Waals surface area (Å²) in [6.45, 7) is 8.04. The molecule has 0 bridgehead atoms. The zero-order valence-corrected chi connectivity index (χ0v) is 10.9. The van der Waals surface area contributed by atoms with E-state index in [2.05, 4.69) is 12.2 Å². The first kappa shape index (κ1) is 12.8. The summed E-state index contributed by atoms with van der Waals surface area (Å²) in [4.78, 5) is 14.0. The Kier molecular flexibility index (Phi) is 4.40. The Labute approximate surface area is 104 Å². The highest BCUT2D eigenvalue weighted by Gasteiger charge is 2.29. The molecule has 2 atom stereocenters. The second-order valence-corrected chi connectivity index (χ2v) is 5.38. The maximum atomic E-state index is 12.1.